The molecule has 104 valence electrons. The smallest absolute Gasteiger partial charge is 0.233 e. The molecule has 2 aromatic carbocycles. The van der Waals surface area contributed by atoms with Crippen LogP contribution in [0.25, 0.3) is 0 Å². The van der Waals surface area contributed by atoms with Gasteiger partial charge in [-0.15, -0.1) is 0 Å². The Bertz CT molecular complexity index is 483. The van der Waals surface area contributed by atoms with E-state index in [0.29, 0.717) is 11.1 Å². The lowest BCUT2D eigenvalue weighted by Gasteiger charge is -1.99. The second-order valence-electron chi connectivity index (χ2n) is 3.84. The molecule has 0 saturated heterocycles. The van der Waals surface area contributed by atoms with E-state index in [1.54, 1.807) is 48.5 Å². The number of aliphatic hydroxyl groups excluding tert-OH is 2. The summed E-state index contributed by atoms with van der Waals surface area (Å²) in [6.07, 6.45) is 0. The first kappa shape index (κ1) is 15.8. The molecular weight excluding hydrogens is 256 g/mol. The molecule has 0 amide bonds. The third kappa shape index (κ3) is 4.76. The van der Waals surface area contributed by atoms with Gasteiger partial charge in [-0.2, -0.15) is 0 Å². The zero-order valence-corrected chi connectivity index (χ0v) is 10.9. The van der Waals surface area contributed by atoms with Gasteiger partial charge in [0.2, 0.25) is 11.6 Å². The van der Waals surface area contributed by atoms with Crippen LogP contribution >= 0.6 is 0 Å². The van der Waals surface area contributed by atoms with Gasteiger partial charge in [0.25, 0.3) is 0 Å². The molecule has 2 N–H and O–H groups in total. The number of Topliss-reactive ketones (excluding diaryl/α,β-unsaturated/α-hetero) is 2. The van der Waals surface area contributed by atoms with E-state index in [9.17, 15) is 9.59 Å². The fraction of sp³-hybridized carbons (Fsp3) is 0.125. The monoisotopic (exact) mass is 272 g/mol. The van der Waals surface area contributed by atoms with E-state index in [-0.39, 0.29) is 13.2 Å². The minimum atomic E-state index is -0.466. The van der Waals surface area contributed by atoms with Gasteiger partial charge >= 0.3 is 0 Å². The number of carbonyl (C=O) groups is 2. The van der Waals surface area contributed by atoms with Crippen molar-refractivity contribution in [1.29, 1.82) is 0 Å². The number of aliphatic hydroxyl groups is 2. The van der Waals surface area contributed by atoms with Crippen LogP contribution in [0.4, 0.5) is 0 Å². The van der Waals surface area contributed by atoms with Gasteiger partial charge in [-0.1, -0.05) is 60.7 Å². The minimum absolute atomic E-state index is 0.125. The van der Waals surface area contributed by atoms with Crippen LogP contribution in [0, 0.1) is 0 Å². The van der Waals surface area contributed by atoms with E-state index in [1.165, 1.54) is 0 Å². The van der Waals surface area contributed by atoms with Crippen LogP contribution in [0.1, 0.15) is 20.7 Å². The van der Waals surface area contributed by atoms with Crippen LogP contribution in [-0.2, 0) is 0 Å². The van der Waals surface area contributed by atoms with Gasteiger partial charge in [-0.25, -0.2) is 0 Å². The maximum atomic E-state index is 11.8. The lowest BCUT2D eigenvalue weighted by molar-refractivity contribution is 0.0817. The van der Waals surface area contributed by atoms with Crippen LogP contribution in [0.2, 0.25) is 0 Å². The summed E-state index contributed by atoms with van der Waals surface area (Å²) < 4.78 is 0. The van der Waals surface area contributed by atoms with Gasteiger partial charge in [0.1, 0.15) is 0 Å². The molecule has 0 radical (unpaired) electrons. The van der Waals surface area contributed by atoms with Crippen molar-refractivity contribution in [3.05, 3.63) is 71.8 Å². The molecule has 0 aromatic heterocycles. The van der Waals surface area contributed by atoms with Crippen LogP contribution in [-0.4, -0.2) is 35.0 Å². The summed E-state index contributed by atoms with van der Waals surface area (Å²) in [6.45, 7) is -0.250. The van der Waals surface area contributed by atoms with Gasteiger partial charge in [-0.3, -0.25) is 9.59 Å². The highest BCUT2D eigenvalue weighted by molar-refractivity contribution is 6.49. The van der Waals surface area contributed by atoms with Gasteiger partial charge < -0.3 is 10.2 Å². The zero-order chi connectivity index (χ0) is 14.8. The van der Waals surface area contributed by atoms with Crippen LogP contribution in [0.5, 0.6) is 0 Å². The molecule has 0 bridgehead atoms. The maximum Gasteiger partial charge on any atom is 0.233 e. The van der Waals surface area contributed by atoms with E-state index < -0.39 is 11.6 Å². The molecule has 2 aromatic rings. The lowest BCUT2D eigenvalue weighted by Crippen LogP contribution is -2.14. The topological polar surface area (TPSA) is 74.6 Å². The third-order valence-electron chi connectivity index (χ3n) is 2.38. The maximum absolute atomic E-state index is 11.8. The van der Waals surface area contributed by atoms with Crippen molar-refractivity contribution < 1.29 is 19.8 Å². The van der Waals surface area contributed by atoms with Crippen molar-refractivity contribution in [2.75, 3.05) is 13.2 Å². The van der Waals surface area contributed by atoms with Crippen molar-refractivity contribution in [3.8, 4) is 0 Å². The van der Waals surface area contributed by atoms with Crippen molar-refractivity contribution in [1.82, 2.24) is 0 Å². The van der Waals surface area contributed by atoms with E-state index in [1.807, 2.05) is 12.1 Å². The number of ketones is 2. The van der Waals surface area contributed by atoms with Crippen molar-refractivity contribution in [2.24, 2.45) is 0 Å². The standard InChI is InChI=1S/C14H10O2.C2H6O2/c15-13(11-7-3-1-4-8-11)14(16)12-9-5-2-6-10-12;3-1-2-4/h1-10H;3-4H,1-2H2. The summed E-state index contributed by atoms with van der Waals surface area (Å²) in [5.74, 6) is -0.932. The molecule has 0 heterocycles. The Labute approximate surface area is 117 Å². The van der Waals surface area contributed by atoms with Crippen molar-refractivity contribution in [2.45, 2.75) is 0 Å². The predicted molar refractivity (Wildman–Crippen MR) is 75.7 cm³/mol. The van der Waals surface area contributed by atoms with E-state index in [0.717, 1.165) is 0 Å². The Kier molecular flexibility index (Phi) is 6.89. The fourth-order valence-electron chi connectivity index (χ4n) is 1.44. The van der Waals surface area contributed by atoms with Gasteiger partial charge in [0.05, 0.1) is 13.2 Å². The molecule has 0 aliphatic heterocycles. The normalized spacial score (nSPS) is 9.30. The highest BCUT2D eigenvalue weighted by Gasteiger charge is 2.16. The summed E-state index contributed by atoms with van der Waals surface area (Å²) in [5.41, 5.74) is 0.854. The van der Waals surface area contributed by atoms with Gasteiger partial charge in [0.15, 0.2) is 0 Å². The SMILES string of the molecule is O=C(C(=O)c1ccccc1)c1ccccc1.OCCO. The number of rotatable bonds is 4. The van der Waals surface area contributed by atoms with Gasteiger partial charge in [0, 0.05) is 11.1 Å². The number of benzene rings is 2. The molecule has 4 heteroatoms. The molecule has 0 spiro atoms. The molecule has 0 saturated carbocycles. The first-order chi connectivity index (χ1) is 9.70. The molecule has 0 aliphatic rings. The second kappa shape index (κ2) is 8.74. The molecule has 0 unspecified atom stereocenters. The van der Waals surface area contributed by atoms with Crippen LogP contribution in [0.3, 0.4) is 0 Å². The number of hydrogen-bond acceptors (Lipinski definition) is 4. The Morgan fingerprint density at radius 2 is 0.950 bits per heavy atom. The highest BCUT2D eigenvalue weighted by atomic mass is 16.3. The Morgan fingerprint density at radius 3 is 1.20 bits per heavy atom. The van der Waals surface area contributed by atoms with E-state index in [4.69, 9.17) is 10.2 Å². The Morgan fingerprint density at radius 1 is 0.650 bits per heavy atom. The largest absolute Gasteiger partial charge is 0.394 e. The Hall–Kier alpha value is -2.30. The lowest BCUT2D eigenvalue weighted by atomic mass is 10.0. The molecular formula is C16H16O4. The predicted octanol–water partition coefficient (Wildman–Crippen LogP) is 1.72. The molecule has 2 rings (SSSR count). The van der Waals surface area contributed by atoms with Crippen molar-refractivity contribution >= 4 is 11.6 Å². The fourth-order valence-corrected chi connectivity index (χ4v) is 1.44. The van der Waals surface area contributed by atoms with Crippen molar-refractivity contribution in [3.63, 3.8) is 0 Å². The van der Waals surface area contributed by atoms with Crippen LogP contribution < -0.4 is 0 Å². The summed E-state index contributed by atoms with van der Waals surface area (Å²) in [7, 11) is 0. The van der Waals surface area contributed by atoms with Gasteiger partial charge in [-0.05, 0) is 0 Å². The molecule has 0 fully saturated rings. The molecule has 4 nitrogen and oxygen atoms in total. The van der Waals surface area contributed by atoms with Crippen LogP contribution in [0.15, 0.2) is 60.7 Å². The number of carbonyl (C=O) groups excluding carboxylic acids is 2. The summed E-state index contributed by atoms with van der Waals surface area (Å²) in [6, 6.07) is 17.2. The van der Waals surface area contributed by atoms with E-state index in [2.05, 4.69) is 0 Å². The quantitative estimate of drug-likeness (QED) is 0.656. The summed E-state index contributed by atoms with van der Waals surface area (Å²) in [4.78, 5) is 23.6. The second-order valence-corrected chi connectivity index (χ2v) is 3.84. The van der Waals surface area contributed by atoms with E-state index >= 15 is 0 Å². The average molecular weight is 272 g/mol. The minimum Gasteiger partial charge on any atom is -0.394 e. The third-order valence-corrected chi connectivity index (χ3v) is 2.38. The zero-order valence-electron chi connectivity index (χ0n) is 10.9. The molecule has 20 heavy (non-hydrogen) atoms. The highest BCUT2D eigenvalue weighted by Crippen LogP contribution is 2.07. The average Bonchev–Trinajstić information content (AvgIpc) is 2.55. The summed E-state index contributed by atoms with van der Waals surface area (Å²) in [5, 5.41) is 15.2. The molecule has 0 aliphatic carbocycles. The first-order valence-corrected chi connectivity index (χ1v) is 6.11. The first-order valence-electron chi connectivity index (χ1n) is 6.11. The molecule has 0 atom stereocenters. The number of hydrogen-bond donors (Lipinski definition) is 2. The Balaban J connectivity index is 0.000000444. The summed E-state index contributed by atoms with van der Waals surface area (Å²) >= 11 is 0.